The van der Waals surface area contributed by atoms with Gasteiger partial charge in [-0.05, 0) is 91.8 Å². The van der Waals surface area contributed by atoms with Crippen LogP contribution in [0.2, 0.25) is 0 Å². The highest BCUT2D eigenvalue weighted by molar-refractivity contribution is 7.98. The zero-order valence-electron chi connectivity index (χ0n) is 53.9. The summed E-state index contributed by atoms with van der Waals surface area (Å²) in [6.07, 6.45) is 4.90. The lowest BCUT2D eigenvalue weighted by molar-refractivity contribution is -0.394. The van der Waals surface area contributed by atoms with E-state index in [-0.39, 0.29) is 55.8 Å². The number of amides is 10. The molecule has 0 saturated carbocycles. The minimum Gasteiger partial charge on any atom is -0.370 e. The van der Waals surface area contributed by atoms with Gasteiger partial charge in [0, 0.05) is 79.2 Å². The number of rotatable bonds is 40. The fraction of sp³-hybridized carbons (Fsp3) is 0.468. The van der Waals surface area contributed by atoms with Crippen LogP contribution in [0.1, 0.15) is 77.1 Å². The van der Waals surface area contributed by atoms with Crippen molar-refractivity contribution in [1.82, 2.24) is 57.1 Å². The number of nitro benzene ring substituents is 2. The zero-order chi connectivity index (χ0) is 70.9. The molecule has 15 N–H and O–H groups in total. The number of benzene rings is 3. The third-order valence-electron chi connectivity index (χ3n) is 15.2. The molecule has 10 amide bonds. The van der Waals surface area contributed by atoms with Crippen molar-refractivity contribution < 1.29 is 57.8 Å². The van der Waals surface area contributed by atoms with Crippen LogP contribution < -0.4 is 64.6 Å². The van der Waals surface area contributed by atoms with E-state index in [4.69, 9.17) is 40.4 Å². The number of nitrogens with two attached hydrogens (primary N) is 3. The summed E-state index contributed by atoms with van der Waals surface area (Å²) < 4.78 is 1.18. The van der Waals surface area contributed by atoms with Gasteiger partial charge in [-0.1, -0.05) is 58.0 Å². The van der Waals surface area contributed by atoms with E-state index in [0.717, 1.165) is 30.2 Å². The smallest absolute Gasteiger partial charge is 0.300 e. The Kier molecular flexibility index (Phi) is 30.3. The molecule has 0 aliphatic carbocycles. The summed E-state index contributed by atoms with van der Waals surface area (Å²) in [7, 11) is 0. The van der Waals surface area contributed by atoms with E-state index in [0.29, 0.717) is 52.6 Å². The number of H-pyrrole nitrogens is 1. The zero-order valence-corrected chi connectivity index (χ0v) is 56.2. The van der Waals surface area contributed by atoms with Crippen molar-refractivity contribution in [2.45, 2.75) is 128 Å². The molecule has 0 radical (unpaired) electrons. The maximum Gasteiger partial charge on any atom is 0.300 e. The number of imidazole rings is 1. The molecule has 520 valence electrons. The number of hydrogen-bond acceptors (Lipinski definition) is 18. The molecule has 0 aliphatic heterocycles. The lowest BCUT2D eigenvalue weighted by Crippen LogP contribution is -2.59. The Bertz CT molecular complexity index is 3580. The molecule has 0 saturated heterocycles. The first-order chi connectivity index (χ1) is 45.5. The number of primary amides is 2. The summed E-state index contributed by atoms with van der Waals surface area (Å²) in [6.45, 7) is 8.25. The molecule has 0 aliphatic rings. The number of carbonyl (C=O) groups excluding carboxylic acids is 10. The van der Waals surface area contributed by atoms with Crippen LogP contribution in [-0.2, 0) is 67.2 Å². The fourth-order valence-corrected chi connectivity index (χ4v) is 11.0. The molecule has 8 atom stereocenters. The van der Waals surface area contributed by atoms with Gasteiger partial charge < -0.3 is 69.6 Å². The maximum atomic E-state index is 14.4. The molecule has 0 unspecified atom stereocenters. The van der Waals surface area contributed by atoms with E-state index in [2.05, 4.69) is 52.5 Å². The van der Waals surface area contributed by atoms with Gasteiger partial charge in [-0.25, -0.2) is 4.98 Å². The molecule has 2 heterocycles. The van der Waals surface area contributed by atoms with E-state index in [1.54, 1.807) is 76.5 Å². The van der Waals surface area contributed by atoms with Gasteiger partial charge in [0.05, 0.1) is 40.5 Å². The van der Waals surface area contributed by atoms with Gasteiger partial charge in [-0.15, -0.1) is 23.2 Å². The first-order valence-corrected chi connectivity index (χ1v) is 33.2. The fourth-order valence-electron chi connectivity index (χ4n) is 10.1. The van der Waals surface area contributed by atoms with Crippen molar-refractivity contribution in [2.24, 2.45) is 29.0 Å². The highest BCUT2D eigenvalue weighted by Gasteiger charge is 2.35. The van der Waals surface area contributed by atoms with E-state index in [9.17, 15) is 68.2 Å². The van der Waals surface area contributed by atoms with Crippen LogP contribution in [0, 0.1) is 32.1 Å². The maximum absolute atomic E-state index is 14.4. The highest BCUT2D eigenvalue weighted by Crippen LogP contribution is 2.28. The minimum absolute atomic E-state index is 0.0384. The number of para-hydroxylation sites is 1. The number of non-ortho nitro benzene ring substituents is 1. The Labute approximate surface area is 567 Å². The van der Waals surface area contributed by atoms with Gasteiger partial charge in [0.2, 0.25) is 59.1 Å². The number of thioether (sulfide) groups is 1. The first-order valence-electron chi connectivity index (χ1n) is 30.7. The summed E-state index contributed by atoms with van der Waals surface area (Å²) in [5.74, 6) is -8.24. The van der Waals surface area contributed by atoms with E-state index in [1.807, 2.05) is 17.0 Å². The first kappa shape index (κ1) is 77.3. The Morgan fingerprint density at radius 1 is 0.688 bits per heavy atom. The van der Waals surface area contributed by atoms with E-state index in [1.165, 1.54) is 29.4 Å². The Balaban J connectivity index is 1.33. The standard InChI is InChI=1S/C62H83Cl2N17O14S/c1-34(2)24-47(60(89)73-45(55(67)84)18-23-96-6)75-61(90)49(28-39-32-79(33-70-39)50-16-14-41(80(92)93)29-51(50)81(94)95)72-53(83)31-69-62(91)54(35(3)4)77-56(85)36(5)71-59(88)48(27-38-30-68-44-13-8-7-12-42(38)44)76-58(87)46(15-17-52(66)82)74-57(86)43(65)26-37-10-9-11-40(25-37)78(21-19-63)22-20-64/h7-14,16,25,29-30,32-36,43,45-49,54,68H,15,17-24,26-28,31,65H2,1-6H3,(H2,66,82)(H2,67,84)(H,69,91)(H,71,88)(H,72,83)(H,73,89)(H,74,86)(H,75,90)(H,76,87)(H,77,85)/t36-,43-,45-,46-,47-,48-,49-,54-/m0/s1. The second kappa shape index (κ2) is 37.6. The number of fused-ring (bicyclic) bond motifs is 1. The predicted molar refractivity (Wildman–Crippen MR) is 361 cm³/mol. The molecule has 34 heteroatoms. The molecule has 5 aromatic rings. The third kappa shape index (κ3) is 23.5. The normalized spacial score (nSPS) is 13.7. The molecular weight excluding hydrogens is 1310 g/mol. The Morgan fingerprint density at radius 3 is 1.96 bits per heavy atom. The van der Waals surface area contributed by atoms with Crippen LogP contribution >= 0.6 is 35.0 Å². The average Bonchev–Trinajstić information content (AvgIpc) is 1.59. The molecule has 0 fully saturated rings. The van der Waals surface area contributed by atoms with Gasteiger partial charge >= 0.3 is 0 Å². The van der Waals surface area contributed by atoms with Crippen molar-refractivity contribution in [3.8, 4) is 5.69 Å². The minimum atomic E-state index is -1.58. The SMILES string of the molecule is CSCC[C@H](NC(=O)[C@H](CC(C)C)NC(=O)[C@H](Cc1cn(-c2ccc([N+](=O)[O-])cc2[N+](=O)[O-])cn1)NC(=O)CNC(=O)[C@@H](NC(=O)[C@H](C)NC(=O)[C@H](Cc1c[nH]c2ccccc12)NC(=O)[C@H](CCC(N)=O)NC(=O)[C@@H](N)Cc1cccc(N(CCCl)CCCl)c1)C(C)C)C(N)=O. The lowest BCUT2D eigenvalue weighted by Gasteiger charge is -2.27. The van der Waals surface area contributed by atoms with Crippen LogP contribution in [-0.4, -0.2) is 175 Å². The molecule has 3 aromatic carbocycles. The van der Waals surface area contributed by atoms with Gasteiger partial charge in [0.15, 0.2) is 0 Å². The Morgan fingerprint density at radius 2 is 1.32 bits per heavy atom. The molecular formula is C62H83Cl2N17O14S. The van der Waals surface area contributed by atoms with Crippen LogP contribution in [0.15, 0.2) is 85.5 Å². The molecule has 0 bridgehead atoms. The molecule has 5 rings (SSSR count). The topological polar surface area (TPSA) is 468 Å². The predicted octanol–water partition coefficient (Wildman–Crippen LogP) is 1.54. The number of aromatic nitrogens is 3. The second-order valence-electron chi connectivity index (χ2n) is 23.4. The summed E-state index contributed by atoms with van der Waals surface area (Å²) in [4.78, 5) is 168. The lowest BCUT2D eigenvalue weighted by atomic mass is 10.0. The van der Waals surface area contributed by atoms with Crippen molar-refractivity contribution >= 4 is 122 Å². The average molecular weight is 1390 g/mol. The number of halogens is 2. The summed E-state index contributed by atoms with van der Waals surface area (Å²) in [5.41, 5.74) is 19.0. The molecule has 31 nitrogen and oxygen atoms in total. The number of carbonyl (C=O) groups is 10. The quantitative estimate of drug-likeness (QED) is 0.0150. The van der Waals surface area contributed by atoms with Gasteiger partial charge in [-0.2, -0.15) is 11.8 Å². The number of anilines is 1. The van der Waals surface area contributed by atoms with Crippen molar-refractivity contribution in [3.05, 3.63) is 123 Å². The van der Waals surface area contributed by atoms with Gasteiger partial charge in [-0.3, -0.25) is 72.7 Å². The third-order valence-corrected chi connectivity index (χ3v) is 16.2. The van der Waals surface area contributed by atoms with Crippen LogP contribution in [0.25, 0.3) is 16.6 Å². The second-order valence-corrected chi connectivity index (χ2v) is 25.2. The van der Waals surface area contributed by atoms with E-state index >= 15 is 0 Å². The molecule has 96 heavy (non-hydrogen) atoms. The molecule has 2 aromatic heterocycles. The summed E-state index contributed by atoms with van der Waals surface area (Å²) in [6, 6.07) is 6.57. The molecule has 0 spiro atoms. The monoisotopic (exact) mass is 1390 g/mol. The number of hydrogen-bond donors (Lipinski definition) is 12. The van der Waals surface area contributed by atoms with E-state index < -0.39 is 148 Å². The number of nitrogens with one attached hydrogen (secondary N) is 9. The van der Waals surface area contributed by atoms with Crippen LogP contribution in [0.4, 0.5) is 17.1 Å². The van der Waals surface area contributed by atoms with Crippen LogP contribution in [0.3, 0.4) is 0 Å². The number of aromatic amines is 1. The van der Waals surface area contributed by atoms with Gasteiger partial charge in [0.25, 0.3) is 11.4 Å². The highest BCUT2D eigenvalue weighted by atomic mass is 35.5. The van der Waals surface area contributed by atoms with Crippen molar-refractivity contribution in [2.75, 3.05) is 48.3 Å². The summed E-state index contributed by atoms with van der Waals surface area (Å²) in [5, 5.41) is 44.9. The summed E-state index contributed by atoms with van der Waals surface area (Å²) >= 11 is 13.5. The number of nitrogens with zero attached hydrogens (tertiary/aromatic N) is 5. The Hall–Kier alpha value is -9.40. The largest absolute Gasteiger partial charge is 0.370 e. The van der Waals surface area contributed by atoms with Crippen LogP contribution in [0.5, 0.6) is 0 Å². The van der Waals surface area contributed by atoms with Gasteiger partial charge in [0.1, 0.15) is 48.0 Å². The van der Waals surface area contributed by atoms with Crippen molar-refractivity contribution in [1.29, 1.82) is 0 Å². The van der Waals surface area contributed by atoms with Crippen molar-refractivity contribution in [3.63, 3.8) is 0 Å². The number of nitro groups is 2. The number of alkyl halides is 2.